The van der Waals surface area contributed by atoms with Gasteiger partial charge in [0.05, 0.1) is 6.10 Å². The van der Waals surface area contributed by atoms with Gasteiger partial charge in [-0.15, -0.1) is 0 Å². The van der Waals surface area contributed by atoms with Gasteiger partial charge in [-0.1, -0.05) is 18.2 Å². The molecule has 1 saturated heterocycles. The first-order valence-electron chi connectivity index (χ1n) is 7.83. The lowest BCUT2D eigenvalue weighted by atomic mass is 10.00. The molecule has 20 heavy (non-hydrogen) atoms. The van der Waals surface area contributed by atoms with E-state index < -0.39 is 0 Å². The summed E-state index contributed by atoms with van der Waals surface area (Å²) in [4.78, 5) is 6.81. The van der Waals surface area contributed by atoms with E-state index in [-0.39, 0.29) is 0 Å². The van der Waals surface area contributed by atoms with Crippen LogP contribution in [0.2, 0.25) is 0 Å². The van der Waals surface area contributed by atoms with E-state index in [2.05, 4.69) is 28.1 Å². The van der Waals surface area contributed by atoms with Crippen LogP contribution in [0.5, 0.6) is 0 Å². The molecule has 3 heteroatoms. The van der Waals surface area contributed by atoms with Gasteiger partial charge in [0.2, 0.25) is 0 Å². The molecule has 1 aromatic heterocycles. The molecular formula is C17H24N2O. The van der Waals surface area contributed by atoms with Crippen LogP contribution in [0, 0.1) is 0 Å². The standard InChI is InChI=1S/C17H24N2O/c1-2-7-16(8-3-1)19(14-17-9-5-11-20-17)13-15-6-4-10-18-12-15/h2,4,6-7,10,12,16-17H,1,3,5,8-9,11,13-14H2/t16-,17+/m0/s1. The SMILES string of the molecule is C1=C[C@H](N(Cc2cccnc2)C[C@H]2CCCO2)CCC1. The summed E-state index contributed by atoms with van der Waals surface area (Å²) in [5.74, 6) is 0. The molecule has 0 bridgehead atoms. The second-order valence-electron chi connectivity index (χ2n) is 5.85. The summed E-state index contributed by atoms with van der Waals surface area (Å²) < 4.78 is 5.83. The Morgan fingerprint density at radius 2 is 2.30 bits per heavy atom. The van der Waals surface area contributed by atoms with Crippen molar-refractivity contribution in [2.24, 2.45) is 0 Å². The Morgan fingerprint density at radius 3 is 3.00 bits per heavy atom. The number of rotatable bonds is 5. The Hall–Kier alpha value is -1.19. The van der Waals surface area contributed by atoms with Gasteiger partial charge in [-0.25, -0.2) is 0 Å². The number of hydrogen-bond acceptors (Lipinski definition) is 3. The predicted octanol–water partition coefficient (Wildman–Crippen LogP) is 3.17. The molecule has 1 aliphatic carbocycles. The van der Waals surface area contributed by atoms with Gasteiger partial charge in [0.25, 0.3) is 0 Å². The smallest absolute Gasteiger partial charge is 0.0703 e. The molecule has 108 valence electrons. The van der Waals surface area contributed by atoms with Crippen molar-refractivity contribution in [2.45, 2.75) is 50.8 Å². The molecule has 3 nitrogen and oxygen atoms in total. The summed E-state index contributed by atoms with van der Waals surface area (Å²) in [6, 6.07) is 4.76. The number of aromatic nitrogens is 1. The average molecular weight is 272 g/mol. The lowest BCUT2D eigenvalue weighted by molar-refractivity contribution is 0.0586. The van der Waals surface area contributed by atoms with Gasteiger partial charge < -0.3 is 4.74 Å². The van der Waals surface area contributed by atoms with Crippen LogP contribution in [0.4, 0.5) is 0 Å². The first-order chi connectivity index (χ1) is 9.92. The number of pyridine rings is 1. The molecule has 0 radical (unpaired) electrons. The maximum atomic E-state index is 5.83. The Morgan fingerprint density at radius 1 is 1.30 bits per heavy atom. The van der Waals surface area contributed by atoms with Crippen molar-refractivity contribution >= 4 is 0 Å². The van der Waals surface area contributed by atoms with E-state index in [9.17, 15) is 0 Å². The van der Waals surface area contributed by atoms with Gasteiger partial charge in [0, 0.05) is 38.1 Å². The van der Waals surface area contributed by atoms with Crippen molar-refractivity contribution in [2.75, 3.05) is 13.2 Å². The average Bonchev–Trinajstić information content (AvgIpc) is 3.02. The van der Waals surface area contributed by atoms with E-state index in [1.165, 1.54) is 37.7 Å². The van der Waals surface area contributed by atoms with E-state index in [4.69, 9.17) is 4.74 Å². The van der Waals surface area contributed by atoms with Gasteiger partial charge in [-0.3, -0.25) is 9.88 Å². The highest BCUT2D eigenvalue weighted by Gasteiger charge is 2.24. The molecule has 1 aliphatic heterocycles. The zero-order chi connectivity index (χ0) is 13.6. The molecule has 0 aromatic carbocycles. The molecule has 0 unspecified atom stereocenters. The van der Waals surface area contributed by atoms with Crippen molar-refractivity contribution < 1.29 is 4.74 Å². The van der Waals surface area contributed by atoms with Crippen LogP contribution in [0.15, 0.2) is 36.7 Å². The van der Waals surface area contributed by atoms with Gasteiger partial charge in [0.15, 0.2) is 0 Å². The maximum Gasteiger partial charge on any atom is 0.0703 e. The normalized spacial score (nSPS) is 26.2. The van der Waals surface area contributed by atoms with Crippen LogP contribution >= 0.6 is 0 Å². The highest BCUT2D eigenvalue weighted by molar-refractivity contribution is 5.10. The largest absolute Gasteiger partial charge is 0.377 e. The highest BCUT2D eigenvalue weighted by Crippen LogP contribution is 2.22. The second-order valence-corrected chi connectivity index (χ2v) is 5.85. The topological polar surface area (TPSA) is 25.4 Å². The maximum absolute atomic E-state index is 5.83. The van der Waals surface area contributed by atoms with E-state index in [0.29, 0.717) is 12.1 Å². The molecule has 2 atom stereocenters. The second kappa shape index (κ2) is 7.00. The number of hydrogen-bond donors (Lipinski definition) is 0. The summed E-state index contributed by atoms with van der Waals surface area (Å²) >= 11 is 0. The van der Waals surface area contributed by atoms with Crippen LogP contribution < -0.4 is 0 Å². The monoisotopic (exact) mass is 272 g/mol. The van der Waals surface area contributed by atoms with Crippen LogP contribution in [0.1, 0.15) is 37.7 Å². The Kier molecular flexibility index (Phi) is 4.82. The Bertz CT molecular complexity index is 426. The lowest BCUT2D eigenvalue weighted by Crippen LogP contribution is -2.39. The van der Waals surface area contributed by atoms with Crippen molar-refractivity contribution in [3.05, 3.63) is 42.2 Å². The third-order valence-electron chi connectivity index (χ3n) is 4.27. The predicted molar refractivity (Wildman–Crippen MR) is 80.4 cm³/mol. The van der Waals surface area contributed by atoms with Crippen molar-refractivity contribution in [3.8, 4) is 0 Å². The zero-order valence-corrected chi connectivity index (χ0v) is 12.1. The minimum absolute atomic E-state index is 0.419. The quantitative estimate of drug-likeness (QED) is 0.770. The number of nitrogens with zero attached hydrogens (tertiary/aromatic N) is 2. The molecule has 3 rings (SSSR count). The minimum atomic E-state index is 0.419. The van der Waals surface area contributed by atoms with Crippen LogP contribution in [-0.2, 0) is 11.3 Å². The number of allylic oxidation sites excluding steroid dienone is 1. The molecular weight excluding hydrogens is 248 g/mol. The summed E-state index contributed by atoms with van der Waals surface area (Å²) in [5, 5.41) is 0. The Balaban J connectivity index is 1.68. The molecule has 1 fully saturated rings. The van der Waals surface area contributed by atoms with Crippen LogP contribution in [-0.4, -0.2) is 35.2 Å². The summed E-state index contributed by atoms with van der Waals surface area (Å²) in [6.07, 6.45) is 15.2. The summed E-state index contributed by atoms with van der Waals surface area (Å²) in [5.41, 5.74) is 1.30. The van der Waals surface area contributed by atoms with Gasteiger partial charge in [-0.2, -0.15) is 0 Å². The molecule has 2 aliphatic rings. The minimum Gasteiger partial charge on any atom is -0.377 e. The van der Waals surface area contributed by atoms with Crippen molar-refractivity contribution in [1.29, 1.82) is 0 Å². The first kappa shape index (κ1) is 13.8. The zero-order valence-electron chi connectivity index (χ0n) is 12.1. The van der Waals surface area contributed by atoms with E-state index in [0.717, 1.165) is 19.7 Å². The first-order valence-corrected chi connectivity index (χ1v) is 7.83. The third-order valence-corrected chi connectivity index (χ3v) is 4.27. The molecule has 0 saturated carbocycles. The van der Waals surface area contributed by atoms with Gasteiger partial charge in [0.1, 0.15) is 0 Å². The highest BCUT2D eigenvalue weighted by atomic mass is 16.5. The van der Waals surface area contributed by atoms with Gasteiger partial charge in [-0.05, 0) is 43.7 Å². The van der Waals surface area contributed by atoms with Gasteiger partial charge >= 0.3 is 0 Å². The molecule has 0 amide bonds. The van der Waals surface area contributed by atoms with Crippen LogP contribution in [0.3, 0.4) is 0 Å². The van der Waals surface area contributed by atoms with E-state index in [1.807, 2.05) is 18.5 Å². The van der Waals surface area contributed by atoms with Crippen LogP contribution in [0.25, 0.3) is 0 Å². The van der Waals surface area contributed by atoms with Crippen molar-refractivity contribution in [1.82, 2.24) is 9.88 Å². The summed E-state index contributed by atoms with van der Waals surface area (Å²) in [6.45, 7) is 2.96. The molecule has 2 heterocycles. The molecule has 0 N–H and O–H groups in total. The molecule has 1 aromatic rings. The third kappa shape index (κ3) is 3.68. The van der Waals surface area contributed by atoms with E-state index >= 15 is 0 Å². The Labute approximate surface area is 121 Å². The fourth-order valence-corrected chi connectivity index (χ4v) is 3.19. The fraction of sp³-hybridized carbons (Fsp3) is 0.588. The van der Waals surface area contributed by atoms with Crippen molar-refractivity contribution in [3.63, 3.8) is 0 Å². The number of ether oxygens (including phenoxy) is 1. The summed E-state index contributed by atoms with van der Waals surface area (Å²) in [7, 11) is 0. The van der Waals surface area contributed by atoms with E-state index in [1.54, 1.807) is 0 Å². The molecule has 0 spiro atoms. The fourth-order valence-electron chi connectivity index (χ4n) is 3.19. The lowest BCUT2D eigenvalue weighted by Gasteiger charge is -2.33.